The summed E-state index contributed by atoms with van der Waals surface area (Å²) in [5.74, 6) is 0.420. The van der Waals surface area contributed by atoms with Gasteiger partial charge in [-0.15, -0.1) is 0 Å². The summed E-state index contributed by atoms with van der Waals surface area (Å²) in [6, 6.07) is 0. The molecule has 0 spiro atoms. The number of nitrogens with two attached hydrogens (primary N) is 1. The van der Waals surface area contributed by atoms with Gasteiger partial charge in [0.15, 0.2) is 0 Å². The van der Waals surface area contributed by atoms with Crippen LogP contribution in [0.2, 0.25) is 0 Å². The molecule has 2 N–H and O–H groups in total. The Hall–Kier alpha value is -0.610. The lowest BCUT2D eigenvalue weighted by Crippen LogP contribution is -2.54. The number of methoxy groups -OCH3 is 1. The zero-order chi connectivity index (χ0) is 14.7. The van der Waals surface area contributed by atoms with Crippen molar-refractivity contribution in [1.29, 1.82) is 0 Å². The quantitative estimate of drug-likeness (QED) is 0.797. The average Bonchev–Trinajstić information content (AvgIpc) is 2.52. The molecule has 112 valence electrons. The van der Waals surface area contributed by atoms with Crippen LogP contribution in [0.5, 0.6) is 0 Å². The second-order valence-corrected chi connectivity index (χ2v) is 7.18. The molecular weight excluding hydrogens is 240 g/mol. The molecule has 0 aromatic rings. The number of carbonyl (C=O) groups is 1. The second kappa shape index (κ2) is 6.23. The molecule has 1 aliphatic rings. The van der Waals surface area contributed by atoms with Gasteiger partial charge in [-0.3, -0.25) is 4.79 Å². The highest BCUT2D eigenvalue weighted by Gasteiger charge is 2.33. The largest absolute Gasteiger partial charge is 0.468 e. The van der Waals surface area contributed by atoms with Gasteiger partial charge in [-0.25, -0.2) is 0 Å². The van der Waals surface area contributed by atoms with Gasteiger partial charge in [0.2, 0.25) is 0 Å². The first-order valence-corrected chi connectivity index (χ1v) is 7.26. The van der Waals surface area contributed by atoms with E-state index in [1.165, 1.54) is 26.4 Å². The SMILES string of the molecule is COC(=O)C(C)(N)CN1CCCC(C(C)(C)C)CC1. The van der Waals surface area contributed by atoms with Gasteiger partial charge in [0, 0.05) is 6.54 Å². The fourth-order valence-corrected chi connectivity index (χ4v) is 2.94. The molecule has 1 heterocycles. The standard InChI is InChI=1S/C15H30N2O2/c1-14(2,3)12-7-6-9-17(10-8-12)11-15(4,16)13(18)19-5/h12H,6-11,16H2,1-5H3. The fraction of sp³-hybridized carbons (Fsp3) is 0.933. The van der Waals surface area contributed by atoms with Crippen LogP contribution in [0, 0.1) is 11.3 Å². The van der Waals surface area contributed by atoms with Gasteiger partial charge >= 0.3 is 5.97 Å². The van der Waals surface area contributed by atoms with Crippen LogP contribution >= 0.6 is 0 Å². The van der Waals surface area contributed by atoms with Gasteiger partial charge in [0.05, 0.1) is 7.11 Å². The van der Waals surface area contributed by atoms with Crippen LogP contribution in [-0.2, 0) is 9.53 Å². The van der Waals surface area contributed by atoms with E-state index in [1.54, 1.807) is 6.92 Å². The van der Waals surface area contributed by atoms with Crippen molar-refractivity contribution in [1.82, 2.24) is 4.90 Å². The predicted molar refractivity (Wildman–Crippen MR) is 77.8 cm³/mol. The van der Waals surface area contributed by atoms with Crippen LogP contribution in [0.15, 0.2) is 0 Å². The molecule has 1 aliphatic heterocycles. The van der Waals surface area contributed by atoms with Crippen LogP contribution in [0.1, 0.15) is 47.0 Å². The summed E-state index contributed by atoms with van der Waals surface area (Å²) in [5, 5.41) is 0. The summed E-state index contributed by atoms with van der Waals surface area (Å²) in [7, 11) is 1.39. The third-order valence-corrected chi connectivity index (χ3v) is 4.25. The lowest BCUT2D eigenvalue weighted by atomic mass is 9.77. The highest BCUT2D eigenvalue weighted by Crippen LogP contribution is 2.34. The zero-order valence-corrected chi connectivity index (χ0v) is 13.2. The van der Waals surface area contributed by atoms with E-state index < -0.39 is 5.54 Å². The lowest BCUT2D eigenvalue weighted by molar-refractivity contribution is -0.147. The molecule has 0 aliphatic carbocycles. The van der Waals surface area contributed by atoms with Crippen LogP contribution < -0.4 is 5.73 Å². The first-order valence-electron chi connectivity index (χ1n) is 7.26. The fourth-order valence-electron chi connectivity index (χ4n) is 2.94. The summed E-state index contributed by atoms with van der Waals surface area (Å²) >= 11 is 0. The maximum atomic E-state index is 11.6. The van der Waals surface area contributed by atoms with E-state index in [1.807, 2.05) is 0 Å². The molecule has 0 bridgehead atoms. The van der Waals surface area contributed by atoms with Crippen LogP contribution in [0.4, 0.5) is 0 Å². The molecule has 1 rings (SSSR count). The first-order chi connectivity index (χ1) is 8.66. The summed E-state index contributed by atoms with van der Waals surface area (Å²) in [5.41, 5.74) is 5.52. The van der Waals surface area contributed by atoms with Gasteiger partial charge in [0.25, 0.3) is 0 Å². The molecule has 1 saturated heterocycles. The molecule has 2 atom stereocenters. The normalized spacial score (nSPS) is 25.5. The topological polar surface area (TPSA) is 55.6 Å². The molecule has 0 radical (unpaired) electrons. The Morgan fingerprint density at radius 2 is 1.89 bits per heavy atom. The third-order valence-electron chi connectivity index (χ3n) is 4.25. The van der Waals surface area contributed by atoms with E-state index in [0.29, 0.717) is 12.0 Å². The molecular formula is C15H30N2O2. The molecule has 19 heavy (non-hydrogen) atoms. The Bertz CT molecular complexity index is 308. The van der Waals surface area contributed by atoms with E-state index in [9.17, 15) is 4.79 Å². The molecule has 0 amide bonds. The van der Waals surface area contributed by atoms with E-state index in [-0.39, 0.29) is 5.97 Å². The Labute approximate surface area is 117 Å². The van der Waals surface area contributed by atoms with E-state index in [2.05, 4.69) is 25.7 Å². The number of likely N-dealkylation sites (tertiary alicyclic amines) is 1. The van der Waals surface area contributed by atoms with Gasteiger partial charge in [-0.05, 0) is 50.6 Å². The first kappa shape index (κ1) is 16.4. The summed E-state index contributed by atoms with van der Waals surface area (Å²) in [6.45, 7) is 11.3. The van der Waals surface area contributed by atoms with Crippen molar-refractivity contribution in [3.63, 3.8) is 0 Å². The lowest BCUT2D eigenvalue weighted by Gasteiger charge is -2.31. The summed E-state index contributed by atoms with van der Waals surface area (Å²) in [4.78, 5) is 14.0. The van der Waals surface area contributed by atoms with Crippen LogP contribution in [0.25, 0.3) is 0 Å². The van der Waals surface area contributed by atoms with Crippen molar-refractivity contribution in [2.45, 2.75) is 52.5 Å². The van der Waals surface area contributed by atoms with Crippen molar-refractivity contribution in [3.05, 3.63) is 0 Å². The third kappa shape index (κ3) is 4.77. The highest BCUT2D eigenvalue weighted by atomic mass is 16.5. The molecule has 1 fully saturated rings. The van der Waals surface area contributed by atoms with Gasteiger partial charge in [0.1, 0.15) is 5.54 Å². The molecule has 4 nitrogen and oxygen atoms in total. The highest BCUT2D eigenvalue weighted by molar-refractivity contribution is 5.80. The minimum Gasteiger partial charge on any atom is -0.468 e. The van der Waals surface area contributed by atoms with Gasteiger partial charge in [-0.2, -0.15) is 0 Å². The number of rotatable bonds is 3. The number of nitrogens with zero attached hydrogens (tertiary/aromatic N) is 1. The number of esters is 1. The Morgan fingerprint density at radius 3 is 2.42 bits per heavy atom. The van der Waals surface area contributed by atoms with Gasteiger partial charge < -0.3 is 15.4 Å². The smallest absolute Gasteiger partial charge is 0.326 e. The maximum Gasteiger partial charge on any atom is 0.326 e. The minimum absolute atomic E-state index is 0.330. The number of carbonyl (C=O) groups excluding carboxylic acids is 1. The van der Waals surface area contributed by atoms with Crippen molar-refractivity contribution >= 4 is 5.97 Å². The van der Waals surface area contributed by atoms with Crippen molar-refractivity contribution < 1.29 is 9.53 Å². The van der Waals surface area contributed by atoms with E-state index >= 15 is 0 Å². The van der Waals surface area contributed by atoms with E-state index in [4.69, 9.17) is 10.5 Å². The van der Waals surface area contributed by atoms with Crippen molar-refractivity contribution in [3.8, 4) is 0 Å². The summed E-state index contributed by atoms with van der Waals surface area (Å²) < 4.78 is 4.77. The predicted octanol–water partition coefficient (Wildman–Crippen LogP) is 2.02. The number of hydrogen-bond acceptors (Lipinski definition) is 4. The van der Waals surface area contributed by atoms with Crippen molar-refractivity contribution in [2.24, 2.45) is 17.1 Å². The van der Waals surface area contributed by atoms with Crippen LogP contribution in [-0.4, -0.2) is 43.2 Å². The van der Waals surface area contributed by atoms with Crippen molar-refractivity contribution in [2.75, 3.05) is 26.7 Å². The number of ether oxygens (including phenoxy) is 1. The zero-order valence-electron chi connectivity index (χ0n) is 13.2. The van der Waals surface area contributed by atoms with Crippen LogP contribution in [0.3, 0.4) is 0 Å². The second-order valence-electron chi connectivity index (χ2n) is 7.18. The van der Waals surface area contributed by atoms with E-state index in [0.717, 1.165) is 19.0 Å². The van der Waals surface area contributed by atoms with Gasteiger partial charge in [-0.1, -0.05) is 20.8 Å². The molecule has 2 unspecified atom stereocenters. The molecule has 0 aromatic heterocycles. The monoisotopic (exact) mass is 270 g/mol. The maximum absolute atomic E-state index is 11.6. The Balaban J connectivity index is 2.56. The summed E-state index contributed by atoms with van der Waals surface area (Å²) in [6.07, 6.45) is 3.62. The average molecular weight is 270 g/mol. The molecule has 4 heteroatoms. The Morgan fingerprint density at radius 1 is 1.26 bits per heavy atom. The molecule has 0 saturated carbocycles. The Kier molecular flexibility index (Phi) is 5.39. The minimum atomic E-state index is -0.906. The molecule has 0 aromatic carbocycles. The number of hydrogen-bond donors (Lipinski definition) is 1.